The molecule has 0 aromatic carbocycles. The Labute approximate surface area is 148 Å². The van der Waals surface area contributed by atoms with Gasteiger partial charge in [0.2, 0.25) is 0 Å². The monoisotopic (exact) mass is 348 g/mol. The Morgan fingerprint density at radius 3 is 2.40 bits per heavy atom. The Hall–Kier alpha value is -2.18. The summed E-state index contributed by atoms with van der Waals surface area (Å²) >= 11 is 0. The van der Waals surface area contributed by atoms with Crippen molar-refractivity contribution in [3.63, 3.8) is 0 Å². The fourth-order valence-corrected chi connectivity index (χ4v) is 3.12. The van der Waals surface area contributed by atoms with Crippen LogP contribution in [-0.2, 0) is 4.74 Å². The number of hydrogen-bond donors (Lipinski definition) is 1. The second kappa shape index (κ2) is 6.61. The molecule has 2 amide bonds. The summed E-state index contributed by atoms with van der Waals surface area (Å²) in [4.78, 5) is 28.7. The number of anilines is 1. The Bertz CT molecular complexity index is 658. The molecule has 0 atom stereocenters. The van der Waals surface area contributed by atoms with Crippen molar-refractivity contribution in [1.82, 2.24) is 14.4 Å². The van der Waals surface area contributed by atoms with Gasteiger partial charge in [0.1, 0.15) is 11.3 Å². The van der Waals surface area contributed by atoms with Crippen LogP contribution in [0.4, 0.5) is 10.5 Å². The van der Waals surface area contributed by atoms with Crippen molar-refractivity contribution < 1.29 is 14.3 Å². The van der Waals surface area contributed by atoms with Crippen LogP contribution in [0.5, 0.6) is 0 Å². The molecule has 1 aliphatic carbocycles. The summed E-state index contributed by atoms with van der Waals surface area (Å²) in [6.45, 7) is 7.80. The molecule has 1 saturated carbocycles. The maximum atomic E-state index is 12.9. The minimum Gasteiger partial charge on any atom is -0.444 e. The van der Waals surface area contributed by atoms with E-state index in [1.54, 1.807) is 11.0 Å². The third kappa shape index (κ3) is 4.27. The smallest absolute Gasteiger partial charge is 0.410 e. The van der Waals surface area contributed by atoms with Gasteiger partial charge in [0.15, 0.2) is 0 Å². The van der Waals surface area contributed by atoms with Gasteiger partial charge >= 0.3 is 6.09 Å². The van der Waals surface area contributed by atoms with Crippen LogP contribution in [0.25, 0.3) is 0 Å². The molecule has 3 rings (SSSR count). The standard InChI is InChI=1S/C18H28N4O3/c1-18(2,3)25-17(24)21-8-4-7-20(9-10-21)16(23)15-11-13(19)12-22(15)14-5-6-14/h11-12,14H,4-10,19H2,1-3H3. The van der Waals surface area contributed by atoms with Gasteiger partial charge in [-0.05, 0) is 46.1 Å². The number of ether oxygens (including phenoxy) is 1. The third-order valence-corrected chi connectivity index (χ3v) is 4.46. The molecule has 0 bridgehead atoms. The summed E-state index contributed by atoms with van der Waals surface area (Å²) < 4.78 is 7.45. The van der Waals surface area contributed by atoms with Gasteiger partial charge in [0, 0.05) is 38.4 Å². The van der Waals surface area contributed by atoms with Gasteiger partial charge in [-0.25, -0.2) is 4.79 Å². The van der Waals surface area contributed by atoms with Crippen LogP contribution < -0.4 is 5.73 Å². The fourth-order valence-electron chi connectivity index (χ4n) is 3.12. The largest absolute Gasteiger partial charge is 0.444 e. The van der Waals surface area contributed by atoms with Crippen molar-refractivity contribution in [2.45, 2.75) is 51.7 Å². The summed E-state index contributed by atoms with van der Waals surface area (Å²) in [6.07, 6.45) is 4.48. The van der Waals surface area contributed by atoms with Gasteiger partial charge in [0.05, 0.1) is 5.69 Å². The molecule has 1 aromatic rings. The Morgan fingerprint density at radius 1 is 1.12 bits per heavy atom. The van der Waals surface area contributed by atoms with E-state index < -0.39 is 5.60 Å². The fraction of sp³-hybridized carbons (Fsp3) is 0.667. The van der Waals surface area contributed by atoms with Gasteiger partial charge in [-0.3, -0.25) is 4.79 Å². The number of amides is 2. The van der Waals surface area contributed by atoms with Crippen LogP contribution >= 0.6 is 0 Å². The number of nitrogens with two attached hydrogens (primary N) is 1. The van der Waals surface area contributed by atoms with E-state index in [1.807, 2.05) is 36.4 Å². The predicted molar refractivity (Wildman–Crippen MR) is 95.4 cm³/mol. The lowest BCUT2D eigenvalue weighted by molar-refractivity contribution is 0.0255. The van der Waals surface area contributed by atoms with E-state index in [0.29, 0.717) is 43.6 Å². The van der Waals surface area contributed by atoms with Crippen molar-refractivity contribution in [1.29, 1.82) is 0 Å². The number of nitrogen functional groups attached to an aromatic ring is 1. The molecular formula is C18H28N4O3. The van der Waals surface area contributed by atoms with Crippen LogP contribution in [0.15, 0.2) is 12.3 Å². The van der Waals surface area contributed by atoms with Crippen LogP contribution in [0, 0.1) is 0 Å². The van der Waals surface area contributed by atoms with Crippen molar-refractivity contribution in [2.75, 3.05) is 31.9 Å². The maximum Gasteiger partial charge on any atom is 0.410 e. The zero-order chi connectivity index (χ0) is 18.2. The number of rotatable bonds is 2. The third-order valence-electron chi connectivity index (χ3n) is 4.46. The Morgan fingerprint density at radius 2 is 1.76 bits per heavy atom. The predicted octanol–water partition coefficient (Wildman–Crippen LogP) is 2.49. The highest BCUT2D eigenvalue weighted by atomic mass is 16.6. The molecule has 0 radical (unpaired) electrons. The van der Waals surface area contributed by atoms with Gasteiger partial charge in [-0.15, -0.1) is 0 Å². The number of carbonyl (C=O) groups excluding carboxylic acids is 2. The van der Waals surface area contributed by atoms with Crippen LogP contribution in [0.3, 0.4) is 0 Å². The molecule has 138 valence electrons. The van der Waals surface area contributed by atoms with Crippen LogP contribution in [-0.4, -0.2) is 58.1 Å². The van der Waals surface area contributed by atoms with E-state index in [2.05, 4.69) is 0 Å². The van der Waals surface area contributed by atoms with Gasteiger partial charge < -0.3 is 24.8 Å². The van der Waals surface area contributed by atoms with E-state index in [1.165, 1.54) is 0 Å². The Balaban J connectivity index is 1.65. The second-order valence-corrected chi connectivity index (χ2v) is 7.91. The van der Waals surface area contributed by atoms with E-state index in [0.717, 1.165) is 19.3 Å². The van der Waals surface area contributed by atoms with E-state index in [9.17, 15) is 9.59 Å². The summed E-state index contributed by atoms with van der Waals surface area (Å²) in [5.41, 5.74) is 6.67. The number of nitrogens with zero attached hydrogens (tertiary/aromatic N) is 3. The minimum atomic E-state index is -0.512. The highest BCUT2D eigenvalue weighted by Gasteiger charge is 2.31. The first-order valence-electron chi connectivity index (χ1n) is 8.99. The maximum absolute atomic E-state index is 12.9. The van der Waals surface area contributed by atoms with Crippen molar-refractivity contribution in [3.8, 4) is 0 Å². The molecule has 1 aromatic heterocycles. The van der Waals surface area contributed by atoms with Crippen molar-refractivity contribution >= 4 is 17.7 Å². The first kappa shape index (κ1) is 17.6. The van der Waals surface area contributed by atoms with Gasteiger partial charge in [0.25, 0.3) is 5.91 Å². The van der Waals surface area contributed by atoms with Crippen LogP contribution in [0.2, 0.25) is 0 Å². The molecule has 1 saturated heterocycles. The molecule has 7 nitrogen and oxygen atoms in total. The zero-order valence-corrected chi connectivity index (χ0v) is 15.3. The SMILES string of the molecule is CC(C)(C)OC(=O)N1CCCN(C(=O)c2cc(N)cn2C2CC2)CC1. The van der Waals surface area contributed by atoms with Gasteiger partial charge in [-0.1, -0.05) is 0 Å². The van der Waals surface area contributed by atoms with Gasteiger partial charge in [-0.2, -0.15) is 0 Å². The molecule has 2 aliphatic rings. The molecular weight excluding hydrogens is 320 g/mol. The molecule has 25 heavy (non-hydrogen) atoms. The molecule has 0 unspecified atom stereocenters. The van der Waals surface area contributed by atoms with Crippen molar-refractivity contribution in [3.05, 3.63) is 18.0 Å². The average Bonchev–Trinajstić information content (AvgIpc) is 3.31. The molecule has 2 N–H and O–H groups in total. The summed E-state index contributed by atoms with van der Waals surface area (Å²) in [5.74, 6) is -0.00496. The van der Waals surface area contributed by atoms with E-state index >= 15 is 0 Å². The first-order chi connectivity index (χ1) is 11.7. The van der Waals surface area contributed by atoms with Crippen LogP contribution in [0.1, 0.15) is 56.6 Å². The average molecular weight is 348 g/mol. The molecule has 7 heteroatoms. The summed E-state index contributed by atoms with van der Waals surface area (Å²) in [6, 6.07) is 2.17. The highest BCUT2D eigenvalue weighted by Crippen LogP contribution is 2.37. The second-order valence-electron chi connectivity index (χ2n) is 7.91. The minimum absolute atomic E-state index is 0.00496. The number of carbonyl (C=O) groups is 2. The summed E-state index contributed by atoms with van der Waals surface area (Å²) in [5, 5.41) is 0. The molecule has 2 heterocycles. The van der Waals surface area contributed by atoms with E-state index in [4.69, 9.17) is 10.5 Å². The lowest BCUT2D eigenvalue weighted by Crippen LogP contribution is -2.40. The molecule has 0 spiro atoms. The van der Waals surface area contributed by atoms with E-state index in [-0.39, 0.29) is 12.0 Å². The zero-order valence-electron chi connectivity index (χ0n) is 15.3. The quantitative estimate of drug-likeness (QED) is 0.890. The van der Waals surface area contributed by atoms with Crippen molar-refractivity contribution in [2.24, 2.45) is 0 Å². The number of hydrogen-bond acceptors (Lipinski definition) is 4. The first-order valence-corrected chi connectivity index (χ1v) is 8.99. The summed E-state index contributed by atoms with van der Waals surface area (Å²) in [7, 11) is 0. The molecule has 2 fully saturated rings. The normalized spacial score (nSPS) is 18.8. The highest BCUT2D eigenvalue weighted by molar-refractivity contribution is 5.94. The number of aromatic nitrogens is 1. The Kier molecular flexibility index (Phi) is 4.67. The lowest BCUT2D eigenvalue weighted by Gasteiger charge is -2.26. The lowest BCUT2D eigenvalue weighted by atomic mass is 10.2. The topological polar surface area (TPSA) is 80.8 Å². The molecule has 1 aliphatic heterocycles.